The van der Waals surface area contributed by atoms with Gasteiger partial charge in [-0.15, -0.1) is 0 Å². The molecule has 1 aliphatic heterocycles. The Balaban J connectivity index is 1.46. The maximum atomic E-state index is 13.2. The molecule has 0 radical (unpaired) electrons. The monoisotopic (exact) mass is 426 g/mol. The van der Waals surface area contributed by atoms with E-state index in [-0.39, 0.29) is 30.3 Å². The van der Waals surface area contributed by atoms with Crippen molar-refractivity contribution >= 4 is 22.8 Å². The zero-order valence-electron chi connectivity index (χ0n) is 17.0. The van der Waals surface area contributed by atoms with Crippen molar-refractivity contribution in [1.29, 1.82) is 0 Å². The average Bonchev–Trinajstić information content (AvgIpc) is 3.07. The number of hydrogen-bond donors (Lipinski definition) is 0. The molecule has 2 amide bonds. The van der Waals surface area contributed by atoms with Crippen molar-refractivity contribution in [1.82, 2.24) is 29.4 Å². The van der Waals surface area contributed by atoms with Crippen LogP contribution < -0.4 is 5.56 Å². The topological polar surface area (TPSA) is 111 Å². The van der Waals surface area contributed by atoms with Crippen molar-refractivity contribution in [3.8, 4) is 0 Å². The molecule has 0 saturated heterocycles. The highest BCUT2D eigenvalue weighted by Gasteiger charge is 2.35. The standard InChI is InChI=1S/C23H18N6O3/c30-21-16-5-11-25-14-18(16)23(32)29(21)13-7-19-27-20-17(2-1-8-26-20)22(31)28(19)12-6-15-3-9-24-10-4-15/h1-5,8-11,14H,6-7,12-13H2. The van der Waals surface area contributed by atoms with Crippen molar-refractivity contribution in [2.75, 3.05) is 6.54 Å². The fraction of sp³-hybridized carbons (Fsp3) is 0.174. The summed E-state index contributed by atoms with van der Waals surface area (Å²) in [5.74, 6) is -0.273. The molecule has 5 rings (SSSR count). The second-order valence-electron chi connectivity index (χ2n) is 7.40. The summed E-state index contributed by atoms with van der Waals surface area (Å²) in [7, 11) is 0. The third kappa shape index (κ3) is 3.43. The van der Waals surface area contributed by atoms with E-state index in [1.807, 2.05) is 12.1 Å². The second kappa shape index (κ2) is 8.10. The van der Waals surface area contributed by atoms with Crippen molar-refractivity contribution in [3.05, 3.63) is 94.2 Å². The molecule has 0 N–H and O–H groups in total. The SMILES string of the molecule is O=C1c2ccncc2C(=O)N1CCc1nc2ncccc2c(=O)n1CCc1ccncc1. The molecule has 9 heteroatoms. The smallest absolute Gasteiger partial charge is 0.263 e. The third-order valence-electron chi connectivity index (χ3n) is 5.51. The van der Waals surface area contributed by atoms with E-state index < -0.39 is 0 Å². The van der Waals surface area contributed by atoms with Crippen LogP contribution in [0.1, 0.15) is 32.1 Å². The summed E-state index contributed by atoms with van der Waals surface area (Å²) < 4.78 is 1.60. The molecule has 5 heterocycles. The molecule has 0 saturated carbocycles. The lowest BCUT2D eigenvalue weighted by molar-refractivity contribution is 0.0655. The molecular weight excluding hydrogens is 408 g/mol. The lowest BCUT2D eigenvalue weighted by atomic mass is 10.2. The molecule has 0 bridgehead atoms. The predicted molar refractivity (Wildman–Crippen MR) is 115 cm³/mol. The summed E-state index contributed by atoms with van der Waals surface area (Å²) in [6, 6.07) is 8.73. The van der Waals surface area contributed by atoms with Crippen LogP contribution in [0.2, 0.25) is 0 Å². The third-order valence-corrected chi connectivity index (χ3v) is 5.51. The Hall–Kier alpha value is -4.27. The van der Waals surface area contributed by atoms with Gasteiger partial charge in [0.1, 0.15) is 5.82 Å². The summed E-state index contributed by atoms with van der Waals surface area (Å²) in [5.41, 5.74) is 1.82. The van der Waals surface area contributed by atoms with E-state index in [0.29, 0.717) is 41.0 Å². The van der Waals surface area contributed by atoms with Gasteiger partial charge in [-0.1, -0.05) is 0 Å². The Bertz CT molecular complexity index is 1370. The number of fused-ring (bicyclic) bond motifs is 2. The highest BCUT2D eigenvalue weighted by Crippen LogP contribution is 2.21. The van der Waals surface area contributed by atoms with Crippen LogP contribution in [0.15, 0.2) is 66.1 Å². The molecule has 1 aliphatic rings. The normalized spacial score (nSPS) is 13.1. The molecule has 0 unspecified atom stereocenters. The van der Waals surface area contributed by atoms with Gasteiger partial charge in [0.25, 0.3) is 17.4 Å². The Morgan fingerprint density at radius 3 is 2.38 bits per heavy atom. The number of carbonyl (C=O) groups excluding carboxylic acids is 2. The molecule has 0 atom stereocenters. The summed E-state index contributed by atoms with van der Waals surface area (Å²) in [4.78, 5) is 56.5. The van der Waals surface area contributed by atoms with Crippen LogP contribution >= 0.6 is 0 Å². The van der Waals surface area contributed by atoms with Crippen LogP contribution in [0.25, 0.3) is 11.0 Å². The minimum atomic E-state index is -0.386. The van der Waals surface area contributed by atoms with Crippen LogP contribution in [0.5, 0.6) is 0 Å². The van der Waals surface area contributed by atoms with Crippen molar-refractivity contribution in [2.24, 2.45) is 0 Å². The maximum Gasteiger partial charge on any atom is 0.263 e. The van der Waals surface area contributed by atoms with Gasteiger partial charge in [0.05, 0.1) is 16.5 Å². The molecule has 32 heavy (non-hydrogen) atoms. The molecule has 158 valence electrons. The average molecular weight is 426 g/mol. The maximum absolute atomic E-state index is 13.2. The molecular formula is C23H18N6O3. The molecule has 0 spiro atoms. The molecule has 4 aromatic heterocycles. The predicted octanol–water partition coefficient (Wildman–Crippen LogP) is 1.66. The molecule has 0 fully saturated rings. The Morgan fingerprint density at radius 2 is 1.56 bits per heavy atom. The minimum absolute atomic E-state index is 0.104. The van der Waals surface area contributed by atoms with Crippen molar-refractivity contribution < 1.29 is 9.59 Å². The van der Waals surface area contributed by atoms with Gasteiger partial charge in [0.15, 0.2) is 5.65 Å². The first-order chi connectivity index (χ1) is 15.6. The number of pyridine rings is 3. The van der Waals surface area contributed by atoms with Crippen molar-refractivity contribution in [3.63, 3.8) is 0 Å². The minimum Gasteiger partial charge on any atom is -0.296 e. The van der Waals surface area contributed by atoms with E-state index in [9.17, 15) is 14.4 Å². The number of carbonyl (C=O) groups is 2. The summed E-state index contributed by atoms with van der Waals surface area (Å²) in [6.07, 6.45) is 8.73. The van der Waals surface area contributed by atoms with Gasteiger partial charge >= 0.3 is 0 Å². The number of nitrogens with zero attached hydrogens (tertiary/aromatic N) is 6. The number of aryl methyl sites for hydroxylation is 1. The van der Waals surface area contributed by atoms with Crippen LogP contribution in [0.4, 0.5) is 0 Å². The van der Waals surface area contributed by atoms with E-state index in [0.717, 1.165) is 5.56 Å². The fourth-order valence-corrected chi connectivity index (χ4v) is 3.86. The molecule has 0 aromatic carbocycles. The van der Waals surface area contributed by atoms with E-state index in [2.05, 4.69) is 19.9 Å². The number of aromatic nitrogens is 5. The number of hydrogen-bond acceptors (Lipinski definition) is 7. The molecule has 4 aromatic rings. The first-order valence-electron chi connectivity index (χ1n) is 10.2. The highest BCUT2D eigenvalue weighted by molar-refractivity contribution is 6.21. The van der Waals surface area contributed by atoms with Crippen molar-refractivity contribution in [2.45, 2.75) is 19.4 Å². The number of imide groups is 1. The van der Waals surface area contributed by atoms with Gasteiger partial charge in [-0.25, -0.2) is 9.97 Å². The first-order valence-corrected chi connectivity index (χ1v) is 10.2. The largest absolute Gasteiger partial charge is 0.296 e. The Kier molecular flexibility index (Phi) is 4.98. The quantitative estimate of drug-likeness (QED) is 0.431. The lowest BCUT2D eigenvalue weighted by Crippen LogP contribution is -2.34. The summed E-state index contributed by atoms with van der Waals surface area (Å²) >= 11 is 0. The second-order valence-corrected chi connectivity index (χ2v) is 7.40. The number of rotatable bonds is 6. The van der Waals surface area contributed by atoms with E-state index in [1.54, 1.807) is 41.4 Å². The van der Waals surface area contributed by atoms with E-state index >= 15 is 0 Å². The lowest BCUT2D eigenvalue weighted by Gasteiger charge is -2.17. The summed E-state index contributed by atoms with van der Waals surface area (Å²) in [5, 5.41) is 0.429. The van der Waals surface area contributed by atoms with Gasteiger partial charge < -0.3 is 0 Å². The van der Waals surface area contributed by atoms with Gasteiger partial charge in [-0.3, -0.25) is 33.8 Å². The summed E-state index contributed by atoms with van der Waals surface area (Å²) in [6.45, 7) is 0.508. The molecule has 9 nitrogen and oxygen atoms in total. The van der Waals surface area contributed by atoms with Crippen LogP contribution in [0.3, 0.4) is 0 Å². The van der Waals surface area contributed by atoms with Gasteiger partial charge in [0.2, 0.25) is 0 Å². The van der Waals surface area contributed by atoms with E-state index in [4.69, 9.17) is 0 Å². The van der Waals surface area contributed by atoms with Gasteiger partial charge in [-0.05, 0) is 42.3 Å². The fourth-order valence-electron chi connectivity index (χ4n) is 3.86. The van der Waals surface area contributed by atoms with Gasteiger partial charge in [-0.2, -0.15) is 0 Å². The van der Waals surface area contributed by atoms with Crippen LogP contribution in [-0.4, -0.2) is 47.8 Å². The van der Waals surface area contributed by atoms with Crippen LogP contribution in [-0.2, 0) is 19.4 Å². The molecule has 0 aliphatic carbocycles. The highest BCUT2D eigenvalue weighted by atomic mass is 16.2. The number of amides is 2. The first kappa shape index (κ1) is 19.7. The zero-order valence-corrected chi connectivity index (χ0v) is 17.0. The Labute approximate surface area is 182 Å². The van der Waals surface area contributed by atoms with Crippen LogP contribution in [0, 0.1) is 0 Å². The van der Waals surface area contributed by atoms with Gasteiger partial charge in [0, 0.05) is 50.5 Å². The zero-order chi connectivity index (χ0) is 22.1. The Morgan fingerprint density at radius 1 is 0.781 bits per heavy atom. The van der Waals surface area contributed by atoms with E-state index in [1.165, 1.54) is 17.3 Å².